The lowest BCUT2D eigenvalue weighted by Gasteiger charge is -2.32. The SMILES string of the molecule is CCCCNC(=O)[C@@H](C)N(Cc1cccc(OC)c1)C(=O)CN(c1cccc(C(F)(F)F)c1)S(=O)(=O)c1ccc(C)cc1. The van der Waals surface area contributed by atoms with Crippen LogP contribution in [0.5, 0.6) is 5.75 Å². The topological polar surface area (TPSA) is 96.0 Å². The van der Waals surface area contributed by atoms with Gasteiger partial charge in [0.1, 0.15) is 18.3 Å². The molecule has 0 aliphatic heterocycles. The van der Waals surface area contributed by atoms with Crippen LogP contribution in [0.25, 0.3) is 0 Å². The number of halogens is 3. The number of carbonyl (C=O) groups excluding carboxylic acids is 2. The minimum atomic E-state index is -4.75. The highest BCUT2D eigenvalue weighted by atomic mass is 32.2. The molecule has 0 fully saturated rings. The molecule has 0 aliphatic rings. The maximum atomic E-state index is 14.0. The van der Waals surface area contributed by atoms with Gasteiger partial charge in [0.2, 0.25) is 11.8 Å². The van der Waals surface area contributed by atoms with Crippen molar-refractivity contribution in [1.29, 1.82) is 0 Å². The third-order valence-electron chi connectivity index (χ3n) is 6.83. The van der Waals surface area contributed by atoms with Gasteiger partial charge in [-0.1, -0.05) is 49.2 Å². The zero-order valence-electron chi connectivity index (χ0n) is 24.5. The first-order chi connectivity index (χ1) is 20.3. The number of alkyl halides is 3. The van der Waals surface area contributed by atoms with Crippen LogP contribution in [0, 0.1) is 6.92 Å². The number of nitrogens with one attached hydrogen (secondary N) is 1. The normalized spacial score (nSPS) is 12.3. The molecule has 1 atom stereocenters. The van der Waals surface area contributed by atoms with Crippen molar-refractivity contribution in [2.75, 3.05) is 24.5 Å². The number of aryl methyl sites for hydroxylation is 1. The molecule has 3 aromatic carbocycles. The number of hydrogen-bond acceptors (Lipinski definition) is 5. The summed E-state index contributed by atoms with van der Waals surface area (Å²) in [5, 5.41) is 2.78. The molecular weight excluding hydrogens is 583 g/mol. The number of ether oxygens (including phenoxy) is 1. The summed E-state index contributed by atoms with van der Waals surface area (Å²) in [4.78, 5) is 28.0. The van der Waals surface area contributed by atoms with Crippen molar-refractivity contribution in [3.8, 4) is 5.75 Å². The number of amides is 2. The highest BCUT2D eigenvalue weighted by Crippen LogP contribution is 2.33. The van der Waals surface area contributed by atoms with Crippen LogP contribution < -0.4 is 14.4 Å². The Hall–Kier alpha value is -4.06. The van der Waals surface area contributed by atoms with E-state index in [1.54, 1.807) is 43.3 Å². The van der Waals surface area contributed by atoms with Gasteiger partial charge in [0.15, 0.2) is 0 Å². The van der Waals surface area contributed by atoms with Gasteiger partial charge in [0, 0.05) is 13.1 Å². The highest BCUT2D eigenvalue weighted by molar-refractivity contribution is 7.92. The van der Waals surface area contributed by atoms with Gasteiger partial charge in [0.05, 0.1) is 23.3 Å². The summed E-state index contributed by atoms with van der Waals surface area (Å²) in [7, 11) is -3.03. The van der Waals surface area contributed by atoms with E-state index in [2.05, 4.69) is 5.32 Å². The number of sulfonamides is 1. The zero-order valence-corrected chi connectivity index (χ0v) is 25.3. The van der Waals surface area contributed by atoms with E-state index in [0.29, 0.717) is 28.2 Å². The lowest BCUT2D eigenvalue weighted by atomic mass is 10.1. The van der Waals surface area contributed by atoms with Gasteiger partial charge in [-0.2, -0.15) is 13.2 Å². The Bertz CT molecular complexity index is 1510. The summed E-state index contributed by atoms with van der Waals surface area (Å²) >= 11 is 0. The zero-order chi connectivity index (χ0) is 31.8. The molecule has 0 aromatic heterocycles. The molecule has 12 heteroatoms. The summed E-state index contributed by atoms with van der Waals surface area (Å²) < 4.78 is 74.5. The van der Waals surface area contributed by atoms with Crippen LogP contribution in [0.2, 0.25) is 0 Å². The molecule has 0 saturated carbocycles. The van der Waals surface area contributed by atoms with Crippen molar-refractivity contribution in [3.05, 3.63) is 89.5 Å². The van der Waals surface area contributed by atoms with E-state index in [-0.39, 0.29) is 17.1 Å². The number of hydrogen-bond donors (Lipinski definition) is 1. The molecular formula is C31H36F3N3O5S. The molecule has 3 rings (SSSR count). The lowest BCUT2D eigenvalue weighted by molar-refractivity contribution is -0.139. The molecule has 3 aromatic rings. The molecule has 43 heavy (non-hydrogen) atoms. The molecule has 0 saturated heterocycles. The van der Waals surface area contributed by atoms with Crippen LogP contribution in [-0.2, 0) is 32.3 Å². The summed E-state index contributed by atoms with van der Waals surface area (Å²) in [6.45, 7) is 4.69. The first-order valence-corrected chi connectivity index (χ1v) is 15.2. The fourth-order valence-corrected chi connectivity index (χ4v) is 5.70. The van der Waals surface area contributed by atoms with Crippen LogP contribution in [0.1, 0.15) is 43.4 Å². The summed E-state index contributed by atoms with van der Waals surface area (Å²) in [5.41, 5.74) is -0.0375. The van der Waals surface area contributed by atoms with Crippen molar-refractivity contribution >= 4 is 27.5 Å². The number of carbonyl (C=O) groups is 2. The molecule has 2 amide bonds. The second kappa shape index (κ2) is 14.4. The summed E-state index contributed by atoms with van der Waals surface area (Å²) in [6.07, 6.45) is -3.19. The standard InChI is InChI=1S/C31H36F3N3O5S/c1-5-6-17-35-30(39)23(3)36(20-24-9-7-12-27(18-24)42-4)29(38)21-37(26-11-8-10-25(19-26)31(32,33)34)43(40,41)28-15-13-22(2)14-16-28/h7-16,18-19,23H,5-6,17,20-21H2,1-4H3,(H,35,39)/t23-/m1/s1. The van der Waals surface area contributed by atoms with Gasteiger partial charge in [0.25, 0.3) is 10.0 Å². The van der Waals surface area contributed by atoms with Gasteiger partial charge in [-0.15, -0.1) is 0 Å². The maximum Gasteiger partial charge on any atom is 0.416 e. The average Bonchev–Trinajstić information content (AvgIpc) is 2.98. The lowest BCUT2D eigenvalue weighted by Crippen LogP contribution is -2.51. The number of anilines is 1. The Kier molecular flexibility index (Phi) is 11.2. The first-order valence-electron chi connectivity index (χ1n) is 13.7. The van der Waals surface area contributed by atoms with Gasteiger partial charge in [-0.05, 0) is 68.3 Å². The molecule has 0 heterocycles. The van der Waals surface area contributed by atoms with Crippen molar-refractivity contribution in [2.45, 2.75) is 57.3 Å². The van der Waals surface area contributed by atoms with Gasteiger partial charge in [-0.3, -0.25) is 13.9 Å². The molecule has 8 nitrogen and oxygen atoms in total. The van der Waals surface area contributed by atoms with E-state index in [0.717, 1.165) is 30.5 Å². The Morgan fingerprint density at radius 3 is 2.30 bits per heavy atom. The quantitative estimate of drug-likeness (QED) is 0.253. The van der Waals surface area contributed by atoms with Gasteiger partial charge in [-0.25, -0.2) is 8.42 Å². The van der Waals surface area contributed by atoms with Crippen molar-refractivity contribution in [1.82, 2.24) is 10.2 Å². The van der Waals surface area contributed by atoms with E-state index < -0.39 is 46.2 Å². The number of rotatable bonds is 13. The second-order valence-corrected chi connectivity index (χ2v) is 11.9. The monoisotopic (exact) mass is 619 g/mol. The fourth-order valence-electron chi connectivity index (χ4n) is 4.29. The molecule has 0 spiro atoms. The van der Waals surface area contributed by atoms with Crippen LogP contribution in [0.4, 0.5) is 18.9 Å². The number of unbranched alkanes of at least 4 members (excludes halogenated alkanes) is 1. The van der Waals surface area contributed by atoms with Gasteiger partial charge < -0.3 is 15.0 Å². The molecule has 0 bridgehead atoms. The molecule has 0 aliphatic carbocycles. The van der Waals surface area contributed by atoms with E-state index in [9.17, 15) is 31.2 Å². The van der Waals surface area contributed by atoms with Crippen molar-refractivity contribution in [2.24, 2.45) is 0 Å². The predicted octanol–water partition coefficient (Wildman–Crippen LogP) is 5.55. The predicted molar refractivity (Wildman–Crippen MR) is 158 cm³/mol. The van der Waals surface area contributed by atoms with E-state index in [4.69, 9.17) is 4.74 Å². The second-order valence-electron chi connectivity index (χ2n) is 10.1. The number of nitrogens with zero attached hydrogens (tertiary/aromatic N) is 2. The Labute approximate surface area is 250 Å². The smallest absolute Gasteiger partial charge is 0.416 e. The highest BCUT2D eigenvalue weighted by Gasteiger charge is 2.35. The van der Waals surface area contributed by atoms with E-state index in [1.807, 2.05) is 6.92 Å². The van der Waals surface area contributed by atoms with Crippen molar-refractivity contribution < 1.29 is 35.9 Å². The summed E-state index contributed by atoms with van der Waals surface area (Å²) in [5.74, 6) is -0.719. The Morgan fingerprint density at radius 2 is 1.67 bits per heavy atom. The van der Waals surface area contributed by atoms with Crippen LogP contribution >= 0.6 is 0 Å². The molecule has 0 radical (unpaired) electrons. The fraction of sp³-hybridized carbons (Fsp3) is 0.355. The molecule has 232 valence electrons. The minimum absolute atomic E-state index is 0.0839. The molecule has 0 unspecified atom stereocenters. The third kappa shape index (κ3) is 8.73. The average molecular weight is 620 g/mol. The Balaban J connectivity index is 2.07. The number of methoxy groups -OCH3 is 1. The van der Waals surface area contributed by atoms with E-state index in [1.165, 1.54) is 37.1 Å². The van der Waals surface area contributed by atoms with Crippen LogP contribution in [0.3, 0.4) is 0 Å². The number of benzene rings is 3. The maximum absolute atomic E-state index is 14.0. The molecule has 1 N–H and O–H groups in total. The van der Waals surface area contributed by atoms with E-state index >= 15 is 0 Å². The van der Waals surface area contributed by atoms with Crippen LogP contribution in [-0.4, -0.2) is 51.4 Å². The Morgan fingerprint density at radius 1 is 1.00 bits per heavy atom. The van der Waals surface area contributed by atoms with Gasteiger partial charge >= 0.3 is 6.18 Å². The third-order valence-corrected chi connectivity index (χ3v) is 8.62. The largest absolute Gasteiger partial charge is 0.497 e. The minimum Gasteiger partial charge on any atom is -0.497 e. The summed E-state index contributed by atoms with van der Waals surface area (Å²) in [6, 6.07) is 15.3. The van der Waals surface area contributed by atoms with Crippen molar-refractivity contribution in [3.63, 3.8) is 0 Å². The first kappa shape index (κ1) is 33.4. The van der Waals surface area contributed by atoms with Crippen LogP contribution in [0.15, 0.2) is 77.7 Å².